The van der Waals surface area contributed by atoms with E-state index in [4.69, 9.17) is 4.42 Å². The summed E-state index contributed by atoms with van der Waals surface area (Å²) in [6.07, 6.45) is 6.03. The fourth-order valence-electron chi connectivity index (χ4n) is 3.49. The van der Waals surface area contributed by atoms with Crippen molar-refractivity contribution in [1.29, 1.82) is 0 Å². The molecule has 1 fully saturated rings. The van der Waals surface area contributed by atoms with E-state index in [1.165, 1.54) is 0 Å². The molecule has 0 unspecified atom stereocenters. The predicted octanol–water partition coefficient (Wildman–Crippen LogP) is 3.37. The second-order valence-electron chi connectivity index (χ2n) is 6.67. The van der Waals surface area contributed by atoms with Gasteiger partial charge >= 0.3 is 0 Å². The van der Waals surface area contributed by atoms with Crippen molar-refractivity contribution in [1.82, 2.24) is 14.7 Å². The summed E-state index contributed by atoms with van der Waals surface area (Å²) < 4.78 is 7.59. The lowest BCUT2D eigenvalue weighted by molar-refractivity contribution is -0.134. The van der Waals surface area contributed by atoms with E-state index in [1.54, 1.807) is 0 Å². The fourth-order valence-corrected chi connectivity index (χ4v) is 3.49. The van der Waals surface area contributed by atoms with E-state index in [-0.39, 0.29) is 17.9 Å². The van der Waals surface area contributed by atoms with Crippen LogP contribution in [0.3, 0.4) is 0 Å². The lowest BCUT2D eigenvalue weighted by Crippen LogP contribution is -2.42. The Hall–Kier alpha value is -2.04. The number of piperidine rings is 1. The number of amides is 1. The summed E-state index contributed by atoms with van der Waals surface area (Å²) in [6, 6.07) is 2.26. The molecule has 0 aromatic carbocycles. The lowest BCUT2D eigenvalue weighted by Gasteiger charge is -2.34. The largest absolute Gasteiger partial charge is 0.466 e. The topological polar surface area (TPSA) is 51.3 Å². The summed E-state index contributed by atoms with van der Waals surface area (Å²) in [4.78, 5) is 14.9. The van der Waals surface area contributed by atoms with E-state index >= 15 is 0 Å². The molecule has 1 amide bonds. The van der Waals surface area contributed by atoms with Crippen LogP contribution < -0.4 is 0 Å². The Morgan fingerprint density at radius 2 is 2.17 bits per heavy atom. The summed E-state index contributed by atoms with van der Waals surface area (Å²) in [5.41, 5.74) is 2.16. The van der Waals surface area contributed by atoms with Gasteiger partial charge in [-0.05, 0) is 52.2 Å². The standard InChI is InChI=1S/C18H25N3O2/c1-12-9-19-21(10-12)16-6-5-7-20(11-16)18(22)14(3)17-8-13(2)23-15(17)4/h8-10,14,16H,5-7,11H2,1-4H3/t14-,16+/m0/s1. The highest BCUT2D eigenvalue weighted by Crippen LogP contribution is 2.28. The first kappa shape index (κ1) is 15.8. The third-order valence-corrected chi connectivity index (χ3v) is 4.73. The number of nitrogens with zero attached hydrogens (tertiary/aromatic N) is 3. The second kappa shape index (κ2) is 6.22. The van der Waals surface area contributed by atoms with Crippen LogP contribution in [0.1, 0.15) is 54.4 Å². The van der Waals surface area contributed by atoms with Gasteiger partial charge in [-0.25, -0.2) is 0 Å². The van der Waals surface area contributed by atoms with Crippen molar-refractivity contribution < 1.29 is 9.21 Å². The van der Waals surface area contributed by atoms with E-state index < -0.39 is 0 Å². The first-order valence-electron chi connectivity index (χ1n) is 8.32. The van der Waals surface area contributed by atoms with E-state index in [2.05, 4.69) is 11.3 Å². The molecule has 3 rings (SSSR count). The maximum Gasteiger partial charge on any atom is 0.230 e. The van der Waals surface area contributed by atoms with Crippen LogP contribution in [0.25, 0.3) is 0 Å². The van der Waals surface area contributed by atoms with Crippen molar-refractivity contribution in [3.63, 3.8) is 0 Å². The average Bonchev–Trinajstić information content (AvgIpc) is 3.11. The minimum atomic E-state index is -0.162. The predicted molar refractivity (Wildman–Crippen MR) is 88.4 cm³/mol. The molecule has 1 saturated heterocycles. The second-order valence-corrected chi connectivity index (χ2v) is 6.67. The Bertz CT molecular complexity index is 701. The molecule has 0 aliphatic carbocycles. The summed E-state index contributed by atoms with van der Waals surface area (Å²) in [5.74, 6) is 1.73. The first-order valence-corrected chi connectivity index (χ1v) is 8.32. The van der Waals surface area contributed by atoms with Gasteiger partial charge in [0.15, 0.2) is 0 Å². The SMILES string of the molecule is Cc1cnn([C@@H]2CCCN(C(=O)[C@@H](C)c3cc(C)oc3C)C2)c1. The van der Waals surface area contributed by atoms with Gasteiger partial charge < -0.3 is 9.32 Å². The average molecular weight is 315 g/mol. The summed E-state index contributed by atoms with van der Waals surface area (Å²) in [7, 11) is 0. The zero-order valence-electron chi connectivity index (χ0n) is 14.4. The third-order valence-electron chi connectivity index (χ3n) is 4.73. The monoisotopic (exact) mass is 315 g/mol. The zero-order valence-corrected chi connectivity index (χ0v) is 14.4. The molecule has 124 valence electrons. The van der Waals surface area contributed by atoms with Crippen LogP contribution in [-0.2, 0) is 4.79 Å². The number of aromatic nitrogens is 2. The number of likely N-dealkylation sites (tertiary alicyclic amines) is 1. The van der Waals surface area contributed by atoms with Gasteiger partial charge in [-0.2, -0.15) is 5.10 Å². The summed E-state index contributed by atoms with van der Waals surface area (Å²) in [6.45, 7) is 9.43. The number of aryl methyl sites for hydroxylation is 3. The minimum absolute atomic E-state index is 0.162. The summed E-state index contributed by atoms with van der Waals surface area (Å²) in [5, 5.41) is 4.42. The first-order chi connectivity index (χ1) is 11.0. The van der Waals surface area contributed by atoms with Crippen LogP contribution in [0.15, 0.2) is 22.9 Å². The van der Waals surface area contributed by atoms with Crippen molar-refractivity contribution >= 4 is 5.91 Å². The van der Waals surface area contributed by atoms with E-state index in [1.807, 2.05) is 49.5 Å². The van der Waals surface area contributed by atoms with Gasteiger partial charge in [0, 0.05) is 24.8 Å². The molecule has 0 radical (unpaired) electrons. The molecule has 2 atom stereocenters. The van der Waals surface area contributed by atoms with Crippen LogP contribution in [0.5, 0.6) is 0 Å². The summed E-state index contributed by atoms with van der Waals surface area (Å²) >= 11 is 0. The molecule has 2 aromatic heterocycles. The van der Waals surface area contributed by atoms with Crippen LogP contribution in [-0.4, -0.2) is 33.7 Å². The molecule has 3 heterocycles. The van der Waals surface area contributed by atoms with Crippen LogP contribution in [0.2, 0.25) is 0 Å². The van der Waals surface area contributed by atoms with Gasteiger partial charge in [-0.1, -0.05) is 0 Å². The maximum atomic E-state index is 12.9. The lowest BCUT2D eigenvalue weighted by atomic mass is 9.97. The molecule has 5 nitrogen and oxygen atoms in total. The Balaban J connectivity index is 1.73. The van der Waals surface area contributed by atoms with Crippen molar-refractivity contribution in [2.24, 2.45) is 0 Å². The van der Waals surface area contributed by atoms with Crippen LogP contribution in [0, 0.1) is 20.8 Å². The van der Waals surface area contributed by atoms with Gasteiger partial charge in [0.25, 0.3) is 0 Å². The van der Waals surface area contributed by atoms with E-state index in [0.29, 0.717) is 0 Å². The highest BCUT2D eigenvalue weighted by atomic mass is 16.3. The van der Waals surface area contributed by atoms with Crippen molar-refractivity contribution in [2.75, 3.05) is 13.1 Å². The molecule has 1 aliphatic rings. The molecule has 1 aliphatic heterocycles. The molecule has 2 aromatic rings. The highest BCUT2D eigenvalue weighted by molar-refractivity contribution is 5.83. The van der Waals surface area contributed by atoms with Gasteiger partial charge in [0.1, 0.15) is 11.5 Å². The molecule has 0 spiro atoms. The van der Waals surface area contributed by atoms with Gasteiger partial charge in [-0.15, -0.1) is 0 Å². The van der Waals surface area contributed by atoms with Gasteiger partial charge in [0.2, 0.25) is 5.91 Å². The number of hydrogen-bond acceptors (Lipinski definition) is 3. The number of hydrogen-bond donors (Lipinski definition) is 0. The molecule has 0 saturated carbocycles. The Labute approximate surface area is 137 Å². The van der Waals surface area contributed by atoms with Crippen molar-refractivity contribution in [3.8, 4) is 0 Å². The smallest absolute Gasteiger partial charge is 0.230 e. The van der Waals surface area contributed by atoms with Crippen molar-refractivity contribution in [3.05, 3.63) is 41.1 Å². The molecular weight excluding hydrogens is 290 g/mol. The Kier molecular flexibility index (Phi) is 4.28. The van der Waals surface area contributed by atoms with Crippen LogP contribution >= 0.6 is 0 Å². The van der Waals surface area contributed by atoms with Crippen molar-refractivity contribution in [2.45, 2.75) is 52.5 Å². The molecule has 5 heteroatoms. The normalized spacial score (nSPS) is 19.8. The molecular formula is C18H25N3O2. The molecule has 0 bridgehead atoms. The highest BCUT2D eigenvalue weighted by Gasteiger charge is 2.30. The zero-order chi connectivity index (χ0) is 16.6. The molecule has 0 N–H and O–H groups in total. The quantitative estimate of drug-likeness (QED) is 0.872. The number of rotatable bonds is 3. The van der Waals surface area contributed by atoms with E-state index in [0.717, 1.165) is 48.6 Å². The number of carbonyl (C=O) groups is 1. The Morgan fingerprint density at radius 1 is 1.39 bits per heavy atom. The van der Waals surface area contributed by atoms with Gasteiger partial charge in [0.05, 0.1) is 18.2 Å². The molecule has 23 heavy (non-hydrogen) atoms. The number of furan rings is 1. The third kappa shape index (κ3) is 3.19. The minimum Gasteiger partial charge on any atom is -0.466 e. The van der Waals surface area contributed by atoms with E-state index in [9.17, 15) is 4.79 Å². The Morgan fingerprint density at radius 3 is 2.78 bits per heavy atom. The maximum absolute atomic E-state index is 12.9. The van der Waals surface area contributed by atoms with Gasteiger partial charge in [-0.3, -0.25) is 9.48 Å². The number of carbonyl (C=O) groups excluding carboxylic acids is 1. The van der Waals surface area contributed by atoms with Crippen LogP contribution in [0.4, 0.5) is 0 Å². The fraction of sp³-hybridized carbons (Fsp3) is 0.556.